The van der Waals surface area contributed by atoms with E-state index in [0.717, 1.165) is 4.90 Å². The van der Waals surface area contributed by atoms with E-state index in [-0.39, 0.29) is 32.3 Å². The molecule has 2 aliphatic rings. The summed E-state index contributed by atoms with van der Waals surface area (Å²) in [4.78, 5) is 38.9. The number of nitrogens with one attached hydrogen (secondary N) is 1. The summed E-state index contributed by atoms with van der Waals surface area (Å²) in [6.45, 7) is 7.50. The zero-order valence-electron chi connectivity index (χ0n) is 21.1. The number of alkyl halides is 2. The van der Waals surface area contributed by atoms with Gasteiger partial charge in [-0.15, -0.1) is 0 Å². The second kappa shape index (κ2) is 12.3. The van der Waals surface area contributed by atoms with Gasteiger partial charge in [-0.05, 0) is 33.1 Å². The van der Waals surface area contributed by atoms with Crippen molar-refractivity contribution < 1.29 is 47.2 Å². The Morgan fingerprint density at radius 2 is 1.74 bits per heavy atom. The molecule has 0 radical (unpaired) electrons. The molecule has 35 heavy (non-hydrogen) atoms. The van der Waals surface area contributed by atoms with Crippen molar-refractivity contribution in [3.63, 3.8) is 0 Å². The van der Waals surface area contributed by atoms with Gasteiger partial charge in [0.05, 0.1) is 6.61 Å². The average Bonchev–Trinajstić information content (AvgIpc) is 3.24. The van der Waals surface area contributed by atoms with Crippen LogP contribution in [0.1, 0.15) is 73.1 Å². The van der Waals surface area contributed by atoms with Crippen LogP contribution in [0.5, 0.6) is 0 Å². The third-order valence-electron chi connectivity index (χ3n) is 6.02. The molecule has 2 N–H and O–H groups in total. The monoisotopic (exact) mass is 508 g/mol. The molecule has 0 aromatic carbocycles. The lowest BCUT2D eigenvalue weighted by molar-refractivity contribution is -0.177. The summed E-state index contributed by atoms with van der Waals surface area (Å²) in [6.07, 6.45) is -4.33. The maximum Gasteiger partial charge on any atom is 0.413 e. The van der Waals surface area contributed by atoms with Gasteiger partial charge < -0.3 is 29.4 Å². The van der Waals surface area contributed by atoms with Gasteiger partial charge in [0.2, 0.25) is 18.6 Å². The van der Waals surface area contributed by atoms with Crippen LogP contribution in [0.2, 0.25) is 0 Å². The Balaban J connectivity index is 2.39. The van der Waals surface area contributed by atoms with Crippen LogP contribution >= 0.6 is 0 Å². The summed E-state index contributed by atoms with van der Waals surface area (Å²) >= 11 is 0. The largest absolute Gasteiger partial charge is 0.430 e. The van der Waals surface area contributed by atoms with E-state index in [4.69, 9.17) is 18.9 Å². The molecule has 2 fully saturated rings. The highest BCUT2D eigenvalue weighted by Crippen LogP contribution is 2.40. The topological polar surface area (TPSA) is 124 Å². The fourth-order valence-corrected chi connectivity index (χ4v) is 4.59. The molecule has 12 heteroatoms. The number of esters is 1. The highest BCUT2D eigenvalue weighted by atomic mass is 19.1. The summed E-state index contributed by atoms with van der Waals surface area (Å²) in [5.74, 6) is -3.20. The van der Waals surface area contributed by atoms with Gasteiger partial charge in [0.1, 0.15) is 6.04 Å². The first-order valence-corrected chi connectivity index (χ1v) is 12.1. The lowest BCUT2D eigenvalue weighted by Crippen LogP contribution is -2.57. The number of amides is 2. The maximum atomic E-state index is 14.2. The summed E-state index contributed by atoms with van der Waals surface area (Å²) in [5.41, 5.74) is -1.39. The molecule has 2 heterocycles. The summed E-state index contributed by atoms with van der Waals surface area (Å²) in [5, 5.41) is 12.8. The fraction of sp³-hybridized carbons (Fsp3) is 0.870. The molecule has 0 saturated carbocycles. The van der Waals surface area contributed by atoms with E-state index in [2.05, 4.69) is 5.32 Å². The minimum Gasteiger partial charge on any atom is -0.430 e. The second-order valence-corrected chi connectivity index (χ2v) is 9.56. The molecule has 2 amide bonds. The van der Waals surface area contributed by atoms with Gasteiger partial charge in [0, 0.05) is 44.8 Å². The Morgan fingerprint density at radius 3 is 2.23 bits per heavy atom. The number of aliphatic hydroxyl groups is 1. The Morgan fingerprint density at radius 1 is 1.14 bits per heavy atom. The van der Waals surface area contributed by atoms with Crippen molar-refractivity contribution in [1.82, 2.24) is 10.2 Å². The standard InChI is InChI=1S/C23H38F2N2O8/c1-6-8-18(24)33-20(30)16-10-15(12-28)17(27(16)21(31)34-19(25)9-7-2)11-23(26-14(3)29)13-32-22(4,5)35-23/h15-19,28H,6-13H2,1-5H3,(H,26,29)/t15-,16+,17+,18?,19?,23?/m0/s1. The van der Waals surface area contributed by atoms with E-state index in [9.17, 15) is 28.3 Å². The maximum absolute atomic E-state index is 14.2. The van der Waals surface area contributed by atoms with Crippen LogP contribution in [0.4, 0.5) is 13.6 Å². The fourth-order valence-electron chi connectivity index (χ4n) is 4.59. The second-order valence-electron chi connectivity index (χ2n) is 9.56. The van der Waals surface area contributed by atoms with Crippen molar-refractivity contribution in [1.29, 1.82) is 0 Å². The third-order valence-corrected chi connectivity index (χ3v) is 6.02. The van der Waals surface area contributed by atoms with Gasteiger partial charge in [-0.2, -0.15) is 0 Å². The molecular weight excluding hydrogens is 470 g/mol. The molecule has 0 aromatic rings. The highest BCUT2D eigenvalue weighted by Gasteiger charge is 2.55. The van der Waals surface area contributed by atoms with Crippen molar-refractivity contribution in [2.24, 2.45) is 5.92 Å². The van der Waals surface area contributed by atoms with E-state index in [0.29, 0.717) is 12.8 Å². The smallest absolute Gasteiger partial charge is 0.413 e. The first kappa shape index (κ1) is 29.2. The number of carbonyl (C=O) groups is 3. The van der Waals surface area contributed by atoms with Crippen LogP contribution in [0.3, 0.4) is 0 Å². The number of hydrogen-bond donors (Lipinski definition) is 2. The number of nitrogens with zero attached hydrogens (tertiary/aromatic N) is 1. The van der Waals surface area contributed by atoms with Crippen molar-refractivity contribution in [3.8, 4) is 0 Å². The predicted octanol–water partition coefficient (Wildman–Crippen LogP) is 2.91. The third kappa shape index (κ3) is 7.71. The Bertz CT molecular complexity index is 755. The molecule has 0 aliphatic carbocycles. The molecule has 202 valence electrons. The molecule has 2 saturated heterocycles. The molecule has 2 rings (SSSR count). The number of hydrogen-bond acceptors (Lipinski definition) is 8. The molecule has 3 unspecified atom stereocenters. The van der Waals surface area contributed by atoms with Crippen molar-refractivity contribution >= 4 is 18.0 Å². The van der Waals surface area contributed by atoms with Crippen LogP contribution in [-0.2, 0) is 28.5 Å². The van der Waals surface area contributed by atoms with Crippen LogP contribution in [0.15, 0.2) is 0 Å². The zero-order chi connectivity index (χ0) is 26.4. The van der Waals surface area contributed by atoms with E-state index in [1.165, 1.54) is 6.92 Å². The number of carbonyl (C=O) groups excluding carboxylic acids is 3. The SMILES string of the molecule is CCCC(F)OC(=O)[C@H]1C[C@@H](CO)[C@@H](CC2(NC(C)=O)COC(C)(C)O2)N1C(=O)OC(F)CCC. The molecule has 0 aromatic heterocycles. The first-order valence-electron chi connectivity index (χ1n) is 12.1. The van der Waals surface area contributed by atoms with E-state index < -0.39 is 66.8 Å². The number of likely N-dealkylation sites (tertiary alicyclic amines) is 1. The van der Waals surface area contributed by atoms with Crippen LogP contribution in [0, 0.1) is 5.92 Å². The number of rotatable bonds is 11. The van der Waals surface area contributed by atoms with Gasteiger partial charge in [0.25, 0.3) is 0 Å². The van der Waals surface area contributed by atoms with Gasteiger partial charge >= 0.3 is 12.1 Å². The Labute approximate surface area is 204 Å². The Hall–Kier alpha value is -2.05. The first-order chi connectivity index (χ1) is 16.4. The van der Waals surface area contributed by atoms with Gasteiger partial charge in [-0.1, -0.05) is 13.8 Å². The lowest BCUT2D eigenvalue weighted by atomic mass is 9.92. The highest BCUT2D eigenvalue weighted by molar-refractivity contribution is 5.82. The van der Waals surface area contributed by atoms with Crippen LogP contribution in [-0.4, -0.2) is 77.5 Å². The molecule has 0 bridgehead atoms. The van der Waals surface area contributed by atoms with Crippen molar-refractivity contribution in [2.45, 2.75) is 109 Å². The minimum absolute atomic E-state index is 0.0231. The van der Waals surface area contributed by atoms with Gasteiger partial charge in [-0.25, -0.2) is 18.4 Å². The van der Waals surface area contributed by atoms with Gasteiger partial charge in [-0.3, -0.25) is 9.69 Å². The minimum atomic E-state index is -1.92. The Kier molecular flexibility index (Phi) is 10.2. The number of aliphatic hydroxyl groups excluding tert-OH is 1. The predicted molar refractivity (Wildman–Crippen MR) is 119 cm³/mol. The summed E-state index contributed by atoms with van der Waals surface area (Å²) < 4.78 is 49.7. The van der Waals surface area contributed by atoms with Crippen molar-refractivity contribution in [2.75, 3.05) is 13.2 Å². The van der Waals surface area contributed by atoms with Crippen molar-refractivity contribution in [3.05, 3.63) is 0 Å². The quantitative estimate of drug-likeness (QED) is 0.409. The molecule has 6 atom stereocenters. The van der Waals surface area contributed by atoms with Crippen LogP contribution < -0.4 is 5.32 Å². The van der Waals surface area contributed by atoms with Crippen LogP contribution in [0.25, 0.3) is 0 Å². The lowest BCUT2D eigenvalue weighted by Gasteiger charge is -2.37. The molecule has 10 nitrogen and oxygen atoms in total. The average molecular weight is 509 g/mol. The molecule has 0 spiro atoms. The van der Waals surface area contributed by atoms with E-state index in [1.807, 2.05) is 0 Å². The summed E-state index contributed by atoms with van der Waals surface area (Å²) in [6, 6.07) is -2.26. The molecule has 2 aliphatic heterocycles. The number of halogens is 2. The molecular formula is C23H38F2N2O8. The normalized spacial score (nSPS) is 29.5. The van der Waals surface area contributed by atoms with Gasteiger partial charge in [0.15, 0.2) is 11.5 Å². The summed E-state index contributed by atoms with van der Waals surface area (Å²) in [7, 11) is 0. The number of ether oxygens (including phenoxy) is 4. The van der Waals surface area contributed by atoms with E-state index in [1.54, 1.807) is 27.7 Å². The zero-order valence-corrected chi connectivity index (χ0v) is 21.1. The van der Waals surface area contributed by atoms with E-state index >= 15 is 0 Å².